The Morgan fingerprint density at radius 3 is 2.48 bits per heavy atom. The number of fused-ring (bicyclic) bond motifs is 5. The molecule has 2 heterocycles. The van der Waals surface area contributed by atoms with Gasteiger partial charge in [0.05, 0.1) is 19.6 Å². The first-order chi connectivity index (χ1) is 19.6. The Hall–Kier alpha value is -3.24. The van der Waals surface area contributed by atoms with Crippen molar-refractivity contribution in [2.75, 3.05) is 7.11 Å². The maximum absolute atomic E-state index is 14.5. The van der Waals surface area contributed by atoms with Crippen LogP contribution in [0.2, 0.25) is 0 Å². The second-order valence-corrected chi connectivity index (χ2v) is 13.3. The SMILES string of the molecule is C/C=C(/C)C(=O)O[C@H]1C(C)(C)[C@H](CC(=O)OC)[C@]2(C)C(=O)[C@@]1(O)CC1=C3[C@@H](O)C(=O)O[C@@H](c4ccoc4)[C@]3(C)CC[C@@H]12. The Morgan fingerprint density at radius 2 is 1.88 bits per heavy atom. The van der Waals surface area contributed by atoms with E-state index in [4.69, 9.17) is 18.6 Å². The van der Waals surface area contributed by atoms with Gasteiger partial charge in [-0.2, -0.15) is 0 Å². The molecule has 2 saturated carbocycles. The predicted octanol–water partition coefficient (Wildman–Crippen LogP) is 3.76. The minimum Gasteiger partial charge on any atom is -0.472 e. The third kappa shape index (κ3) is 3.97. The largest absolute Gasteiger partial charge is 0.472 e. The number of allylic oxidation sites excluding steroid dienone is 1. The molecule has 3 fully saturated rings. The van der Waals surface area contributed by atoms with Crippen molar-refractivity contribution in [1.82, 2.24) is 0 Å². The molecule has 8 atom stereocenters. The lowest BCUT2D eigenvalue weighted by molar-refractivity contribution is -0.235. The van der Waals surface area contributed by atoms with Crippen LogP contribution in [0.1, 0.15) is 78.9 Å². The molecule has 228 valence electrons. The van der Waals surface area contributed by atoms with Crippen LogP contribution in [0.5, 0.6) is 0 Å². The fourth-order valence-corrected chi connectivity index (χ4v) is 8.71. The number of carbonyl (C=O) groups excluding carboxylic acids is 4. The van der Waals surface area contributed by atoms with Gasteiger partial charge in [0.1, 0.15) is 12.2 Å². The number of Topliss-reactive ketones (excluding diaryl/α,β-unsaturated/α-hetero) is 1. The van der Waals surface area contributed by atoms with E-state index in [0.29, 0.717) is 35.1 Å². The average Bonchev–Trinajstić information content (AvgIpc) is 3.48. The summed E-state index contributed by atoms with van der Waals surface area (Å²) in [5.74, 6) is -3.79. The van der Waals surface area contributed by atoms with Crippen LogP contribution in [0, 0.1) is 28.1 Å². The Bertz CT molecular complexity index is 1390. The quantitative estimate of drug-likeness (QED) is 0.227. The van der Waals surface area contributed by atoms with E-state index < -0.39 is 75.7 Å². The van der Waals surface area contributed by atoms with Crippen LogP contribution in [-0.2, 0) is 33.4 Å². The molecule has 0 spiro atoms. The van der Waals surface area contributed by atoms with E-state index in [2.05, 4.69) is 0 Å². The number of ketones is 1. The summed E-state index contributed by atoms with van der Waals surface area (Å²) in [5, 5.41) is 23.8. The van der Waals surface area contributed by atoms with Gasteiger partial charge in [0.2, 0.25) is 0 Å². The first-order valence-electron chi connectivity index (χ1n) is 14.4. The second-order valence-electron chi connectivity index (χ2n) is 13.3. The maximum Gasteiger partial charge on any atom is 0.339 e. The molecule has 4 aliphatic rings. The molecule has 2 bridgehead atoms. The van der Waals surface area contributed by atoms with Crippen molar-refractivity contribution in [3.8, 4) is 0 Å². The van der Waals surface area contributed by atoms with Gasteiger partial charge in [-0.05, 0) is 50.2 Å². The van der Waals surface area contributed by atoms with Gasteiger partial charge >= 0.3 is 17.9 Å². The molecule has 10 heteroatoms. The van der Waals surface area contributed by atoms with Crippen LogP contribution in [-0.4, -0.2) is 58.8 Å². The van der Waals surface area contributed by atoms with Crippen LogP contribution in [0.15, 0.2) is 45.8 Å². The van der Waals surface area contributed by atoms with Gasteiger partial charge in [-0.15, -0.1) is 0 Å². The molecular formula is C32H40O10. The Labute approximate surface area is 245 Å². The summed E-state index contributed by atoms with van der Waals surface area (Å²) in [6, 6.07) is 1.71. The zero-order chi connectivity index (χ0) is 31.0. The normalized spacial score (nSPS) is 39.2. The third-order valence-corrected chi connectivity index (χ3v) is 10.9. The minimum atomic E-state index is -2.18. The highest BCUT2D eigenvalue weighted by Gasteiger charge is 2.74. The molecular weight excluding hydrogens is 544 g/mol. The highest BCUT2D eigenvalue weighted by molar-refractivity contribution is 5.98. The van der Waals surface area contributed by atoms with Gasteiger partial charge in [0, 0.05) is 40.2 Å². The second kappa shape index (κ2) is 9.91. The van der Waals surface area contributed by atoms with Gasteiger partial charge in [0.25, 0.3) is 0 Å². The van der Waals surface area contributed by atoms with Crippen molar-refractivity contribution >= 4 is 23.7 Å². The Balaban J connectivity index is 1.76. The van der Waals surface area contributed by atoms with E-state index in [1.807, 2.05) is 6.92 Å². The highest BCUT2D eigenvalue weighted by Crippen LogP contribution is 2.69. The molecule has 0 unspecified atom stereocenters. The molecule has 2 N–H and O–H groups in total. The molecule has 1 aromatic rings. The summed E-state index contributed by atoms with van der Waals surface area (Å²) in [5.41, 5.74) is -3.50. The van der Waals surface area contributed by atoms with E-state index in [9.17, 15) is 29.4 Å². The van der Waals surface area contributed by atoms with E-state index in [-0.39, 0.29) is 12.8 Å². The number of aliphatic hydroxyl groups excluding tert-OH is 1. The lowest BCUT2D eigenvalue weighted by Gasteiger charge is -2.66. The topological polar surface area (TPSA) is 150 Å². The van der Waals surface area contributed by atoms with Crippen molar-refractivity contribution in [1.29, 1.82) is 0 Å². The smallest absolute Gasteiger partial charge is 0.339 e. The maximum atomic E-state index is 14.5. The first kappa shape index (κ1) is 30.2. The minimum absolute atomic E-state index is 0.156. The fraction of sp³-hybridized carbons (Fsp3) is 0.625. The summed E-state index contributed by atoms with van der Waals surface area (Å²) in [6.07, 6.45) is 1.39. The van der Waals surface area contributed by atoms with Crippen LogP contribution >= 0.6 is 0 Å². The van der Waals surface area contributed by atoms with Crippen molar-refractivity contribution in [2.45, 2.75) is 91.1 Å². The van der Waals surface area contributed by atoms with E-state index >= 15 is 0 Å². The van der Waals surface area contributed by atoms with Crippen molar-refractivity contribution in [3.63, 3.8) is 0 Å². The first-order valence-corrected chi connectivity index (χ1v) is 14.4. The number of cyclic esters (lactones) is 1. The molecule has 1 aliphatic heterocycles. The van der Waals surface area contributed by atoms with Gasteiger partial charge in [-0.3, -0.25) is 9.59 Å². The lowest BCUT2D eigenvalue weighted by atomic mass is 9.39. The molecule has 0 radical (unpaired) electrons. The van der Waals surface area contributed by atoms with Crippen molar-refractivity contribution in [3.05, 3.63) is 47.0 Å². The molecule has 0 aromatic carbocycles. The van der Waals surface area contributed by atoms with Crippen LogP contribution in [0.25, 0.3) is 0 Å². The number of rotatable bonds is 5. The average molecular weight is 585 g/mol. The lowest BCUT2D eigenvalue weighted by Crippen LogP contribution is -2.75. The molecule has 0 amide bonds. The number of furan rings is 1. The standard InChI is InChI=1S/C32H40O10/c1-8-16(2)25(35)42-28-29(3,4)20(13-21(33)39-7)31(6)19-9-11-30(5)22(18(19)14-32(28,38)27(31)37)23(34)26(36)41-24(30)17-10-12-40-15-17/h8,10,12,15,19-20,23-24,28,34,38H,9,11,13-14H2,1-7H3/b16-8-/t19-,20-,23+,24-,28-,30+,31+,32-/m0/s1. The summed E-state index contributed by atoms with van der Waals surface area (Å²) in [6.45, 7) is 10.5. The summed E-state index contributed by atoms with van der Waals surface area (Å²) in [4.78, 5) is 53.6. The highest BCUT2D eigenvalue weighted by atomic mass is 16.6. The Kier molecular flexibility index (Phi) is 7.13. The number of aliphatic hydroxyl groups is 2. The molecule has 1 saturated heterocycles. The summed E-state index contributed by atoms with van der Waals surface area (Å²) < 4.78 is 22.0. The monoisotopic (exact) mass is 584 g/mol. The van der Waals surface area contributed by atoms with Gasteiger partial charge in [-0.1, -0.05) is 39.3 Å². The zero-order valence-corrected chi connectivity index (χ0v) is 25.2. The predicted molar refractivity (Wildman–Crippen MR) is 147 cm³/mol. The van der Waals surface area contributed by atoms with E-state index in [1.54, 1.807) is 46.8 Å². The fourth-order valence-electron chi connectivity index (χ4n) is 8.71. The molecule has 3 aliphatic carbocycles. The van der Waals surface area contributed by atoms with Gasteiger partial charge < -0.3 is 28.8 Å². The summed E-state index contributed by atoms with van der Waals surface area (Å²) in [7, 11) is 1.27. The number of hydrogen-bond acceptors (Lipinski definition) is 10. The number of hydrogen-bond donors (Lipinski definition) is 2. The number of carbonyl (C=O) groups is 4. The zero-order valence-electron chi connectivity index (χ0n) is 25.2. The third-order valence-electron chi connectivity index (χ3n) is 10.9. The van der Waals surface area contributed by atoms with Crippen LogP contribution < -0.4 is 0 Å². The van der Waals surface area contributed by atoms with Crippen LogP contribution in [0.3, 0.4) is 0 Å². The van der Waals surface area contributed by atoms with Gasteiger partial charge in [0.15, 0.2) is 17.5 Å². The van der Waals surface area contributed by atoms with Crippen molar-refractivity contribution in [2.24, 2.45) is 28.1 Å². The molecule has 1 aromatic heterocycles. The Morgan fingerprint density at radius 1 is 1.19 bits per heavy atom. The number of methoxy groups -OCH3 is 1. The number of esters is 3. The molecule has 42 heavy (non-hydrogen) atoms. The van der Waals surface area contributed by atoms with Crippen LogP contribution in [0.4, 0.5) is 0 Å². The number of ether oxygens (including phenoxy) is 3. The van der Waals surface area contributed by atoms with E-state index in [1.165, 1.54) is 19.6 Å². The molecule has 10 nitrogen and oxygen atoms in total. The summed E-state index contributed by atoms with van der Waals surface area (Å²) >= 11 is 0. The van der Waals surface area contributed by atoms with Gasteiger partial charge in [-0.25, -0.2) is 9.59 Å². The molecule has 5 rings (SSSR count). The van der Waals surface area contributed by atoms with Crippen molar-refractivity contribution < 1.29 is 48.0 Å². The van der Waals surface area contributed by atoms with E-state index in [0.717, 1.165) is 0 Å².